The summed E-state index contributed by atoms with van der Waals surface area (Å²) in [5, 5.41) is 2.95. The smallest absolute Gasteiger partial charge is 0.314 e. The molecule has 0 aromatic heterocycles. The summed E-state index contributed by atoms with van der Waals surface area (Å²) >= 11 is 0. The molecule has 0 amide bonds. The number of alkyl halides is 3. The fourth-order valence-electron chi connectivity index (χ4n) is 0.767. The van der Waals surface area contributed by atoms with Gasteiger partial charge in [-0.25, -0.2) is 13.1 Å². The lowest BCUT2D eigenvalue weighted by Gasteiger charge is -2.10. The average Bonchev–Trinajstić information content (AvgIpc) is 2.00. The van der Waals surface area contributed by atoms with Crippen LogP contribution in [0.15, 0.2) is 0 Å². The van der Waals surface area contributed by atoms with E-state index in [2.05, 4.69) is 5.32 Å². The van der Waals surface area contributed by atoms with Crippen LogP contribution in [0, 0.1) is 0 Å². The topological polar surface area (TPSA) is 58.2 Å². The van der Waals surface area contributed by atoms with E-state index < -0.39 is 15.5 Å². The molecular weight excluding hydrogens is 233 g/mol. The summed E-state index contributed by atoms with van der Waals surface area (Å²) in [6.07, 6.45) is 0.313. The molecule has 8 heteroatoms. The van der Waals surface area contributed by atoms with Gasteiger partial charge in [0, 0.05) is 12.6 Å². The molecule has 0 unspecified atom stereocenters. The van der Waals surface area contributed by atoms with E-state index in [0.717, 1.165) is 0 Å². The molecule has 0 aromatic carbocycles. The van der Waals surface area contributed by atoms with Gasteiger partial charge in [0.2, 0.25) is 0 Å². The quantitative estimate of drug-likeness (QED) is 0.684. The number of rotatable bonds is 6. The van der Waals surface area contributed by atoms with Gasteiger partial charge < -0.3 is 5.32 Å². The van der Waals surface area contributed by atoms with Gasteiger partial charge >= 0.3 is 15.5 Å². The van der Waals surface area contributed by atoms with Crippen molar-refractivity contribution in [3.05, 3.63) is 0 Å². The van der Waals surface area contributed by atoms with Crippen LogP contribution >= 0.6 is 0 Å². The Hall–Kier alpha value is -0.340. The van der Waals surface area contributed by atoms with Crippen molar-refractivity contribution in [2.75, 3.05) is 13.1 Å². The highest BCUT2D eigenvalue weighted by molar-refractivity contribution is 7.90. The molecule has 15 heavy (non-hydrogen) atoms. The molecule has 0 aromatic rings. The molecule has 92 valence electrons. The molecule has 2 N–H and O–H groups in total. The van der Waals surface area contributed by atoms with Crippen LogP contribution in [0.4, 0.5) is 13.2 Å². The van der Waals surface area contributed by atoms with Gasteiger partial charge in [-0.3, -0.25) is 0 Å². The van der Waals surface area contributed by atoms with E-state index in [1.165, 1.54) is 4.72 Å². The van der Waals surface area contributed by atoms with Gasteiger partial charge in [0.25, 0.3) is 0 Å². The zero-order valence-corrected chi connectivity index (χ0v) is 9.37. The Labute approximate surface area is 87.3 Å². The summed E-state index contributed by atoms with van der Waals surface area (Å²) in [6.45, 7) is 4.03. The second kappa shape index (κ2) is 5.66. The van der Waals surface area contributed by atoms with Gasteiger partial charge in [-0.1, -0.05) is 13.8 Å². The zero-order chi connectivity index (χ0) is 12.1. The van der Waals surface area contributed by atoms with Crippen molar-refractivity contribution in [2.45, 2.75) is 31.8 Å². The van der Waals surface area contributed by atoms with Crippen LogP contribution in [-0.4, -0.2) is 33.1 Å². The van der Waals surface area contributed by atoms with Crippen molar-refractivity contribution in [3.8, 4) is 0 Å². The molecule has 0 aliphatic heterocycles. The Kier molecular flexibility index (Phi) is 5.54. The van der Waals surface area contributed by atoms with Crippen LogP contribution in [0.5, 0.6) is 0 Å². The third-order valence-corrected chi connectivity index (χ3v) is 2.70. The van der Waals surface area contributed by atoms with Crippen LogP contribution in [0.25, 0.3) is 0 Å². The van der Waals surface area contributed by atoms with Crippen LogP contribution in [-0.2, 0) is 10.0 Å². The largest absolute Gasteiger partial charge is 0.511 e. The van der Waals surface area contributed by atoms with Crippen molar-refractivity contribution >= 4 is 10.0 Å². The predicted molar refractivity (Wildman–Crippen MR) is 50.7 cm³/mol. The zero-order valence-electron chi connectivity index (χ0n) is 8.56. The Morgan fingerprint density at radius 1 is 1.20 bits per heavy atom. The highest BCUT2D eigenvalue weighted by Crippen LogP contribution is 2.21. The minimum Gasteiger partial charge on any atom is -0.314 e. The van der Waals surface area contributed by atoms with Crippen molar-refractivity contribution < 1.29 is 21.6 Å². The standard InChI is InChI=1S/C7H15F3N2O2S/c1-6(2)11-4-3-5-12-15(13,14)7(8,9)10/h6,11-12H,3-5H2,1-2H3. The predicted octanol–water partition coefficient (Wildman–Crippen LogP) is 0.814. The molecule has 4 nitrogen and oxygen atoms in total. The minimum absolute atomic E-state index is 0.221. The maximum atomic E-state index is 11.8. The Morgan fingerprint density at radius 2 is 1.73 bits per heavy atom. The normalized spacial score (nSPS) is 13.5. The van der Waals surface area contributed by atoms with E-state index in [0.29, 0.717) is 13.0 Å². The first-order valence-corrected chi connectivity index (χ1v) is 5.94. The fraction of sp³-hybridized carbons (Fsp3) is 1.00. The first-order chi connectivity index (χ1) is 6.67. The number of hydrogen-bond donors (Lipinski definition) is 2. The number of sulfonamides is 1. The van der Waals surface area contributed by atoms with Crippen molar-refractivity contribution in [1.82, 2.24) is 10.0 Å². The SMILES string of the molecule is CC(C)NCCCNS(=O)(=O)C(F)(F)F. The molecule has 0 spiro atoms. The Balaban J connectivity index is 3.78. The Bertz CT molecular complexity index is 274. The second-order valence-electron chi connectivity index (χ2n) is 3.31. The molecular formula is C7H15F3N2O2S. The minimum atomic E-state index is -5.22. The first kappa shape index (κ1) is 14.7. The molecule has 0 saturated carbocycles. The van der Waals surface area contributed by atoms with E-state index >= 15 is 0 Å². The highest BCUT2D eigenvalue weighted by Gasteiger charge is 2.45. The molecule has 0 atom stereocenters. The summed E-state index contributed by atoms with van der Waals surface area (Å²) in [6, 6.07) is 0.226. The van der Waals surface area contributed by atoms with Crippen LogP contribution in [0.1, 0.15) is 20.3 Å². The molecule has 0 radical (unpaired) electrons. The maximum Gasteiger partial charge on any atom is 0.511 e. The average molecular weight is 248 g/mol. The Morgan fingerprint density at radius 3 is 2.13 bits per heavy atom. The van der Waals surface area contributed by atoms with Gasteiger partial charge in [0.1, 0.15) is 0 Å². The number of nitrogens with one attached hydrogen (secondary N) is 2. The second-order valence-corrected chi connectivity index (χ2v) is 5.06. The molecule has 0 fully saturated rings. The lowest BCUT2D eigenvalue weighted by Crippen LogP contribution is -2.38. The third kappa shape index (κ3) is 5.95. The van der Waals surface area contributed by atoms with Crippen molar-refractivity contribution in [1.29, 1.82) is 0 Å². The van der Waals surface area contributed by atoms with Gasteiger partial charge in [0.05, 0.1) is 0 Å². The highest BCUT2D eigenvalue weighted by atomic mass is 32.2. The molecule has 0 aliphatic rings. The lowest BCUT2D eigenvalue weighted by atomic mass is 10.3. The van der Waals surface area contributed by atoms with Crippen LogP contribution in [0.3, 0.4) is 0 Å². The van der Waals surface area contributed by atoms with Crippen molar-refractivity contribution in [2.24, 2.45) is 0 Å². The molecule has 0 rings (SSSR count). The van der Waals surface area contributed by atoms with Gasteiger partial charge in [-0.15, -0.1) is 0 Å². The monoisotopic (exact) mass is 248 g/mol. The number of halogens is 3. The van der Waals surface area contributed by atoms with E-state index in [4.69, 9.17) is 0 Å². The van der Waals surface area contributed by atoms with E-state index in [9.17, 15) is 21.6 Å². The maximum absolute atomic E-state index is 11.8. The van der Waals surface area contributed by atoms with Gasteiger partial charge in [0.15, 0.2) is 0 Å². The summed E-state index contributed by atoms with van der Waals surface area (Å²) in [5.41, 5.74) is -5.22. The summed E-state index contributed by atoms with van der Waals surface area (Å²) < 4.78 is 57.9. The molecule has 0 heterocycles. The fourth-order valence-corrected chi connectivity index (χ4v) is 1.34. The molecule has 0 bridgehead atoms. The van der Waals surface area contributed by atoms with E-state index in [-0.39, 0.29) is 12.6 Å². The number of hydrogen-bond acceptors (Lipinski definition) is 3. The molecule has 0 aliphatic carbocycles. The van der Waals surface area contributed by atoms with Crippen molar-refractivity contribution in [3.63, 3.8) is 0 Å². The van der Waals surface area contributed by atoms with Crippen LogP contribution in [0.2, 0.25) is 0 Å². The first-order valence-electron chi connectivity index (χ1n) is 4.46. The van der Waals surface area contributed by atoms with Crippen LogP contribution < -0.4 is 10.0 Å². The lowest BCUT2D eigenvalue weighted by molar-refractivity contribution is -0.0447. The molecule has 0 saturated heterocycles. The third-order valence-electron chi connectivity index (χ3n) is 1.50. The van der Waals surface area contributed by atoms with E-state index in [1.807, 2.05) is 13.8 Å². The van der Waals surface area contributed by atoms with Gasteiger partial charge in [-0.05, 0) is 13.0 Å². The summed E-state index contributed by atoms with van der Waals surface area (Å²) in [7, 11) is -5.18. The van der Waals surface area contributed by atoms with Gasteiger partial charge in [-0.2, -0.15) is 13.2 Å². The van der Waals surface area contributed by atoms with E-state index in [1.54, 1.807) is 0 Å². The summed E-state index contributed by atoms with van der Waals surface area (Å²) in [4.78, 5) is 0. The summed E-state index contributed by atoms with van der Waals surface area (Å²) in [5.74, 6) is 0.